The first-order valence-electron chi connectivity index (χ1n) is 3.76. The number of benzene rings is 1. The lowest BCUT2D eigenvalue weighted by Crippen LogP contribution is -2.18. The molecule has 0 saturated carbocycles. The van der Waals surface area contributed by atoms with Crippen LogP contribution in [0.15, 0.2) is 30.3 Å². The highest BCUT2D eigenvalue weighted by atomic mass is 79.9. The Balaban J connectivity index is 2.29. The summed E-state index contributed by atoms with van der Waals surface area (Å²) in [6, 6.07) is 10.0. The minimum absolute atomic E-state index is 0.154. The topological polar surface area (TPSA) is 29.1 Å². The summed E-state index contributed by atoms with van der Waals surface area (Å²) in [5.41, 5.74) is 1.23. The predicted molar refractivity (Wildman–Crippen MR) is 52.5 cm³/mol. The van der Waals surface area contributed by atoms with Gasteiger partial charge in [0.1, 0.15) is 0 Å². The fourth-order valence-corrected chi connectivity index (χ4v) is 1.15. The predicted octanol–water partition coefficient (Wildman–Crippen LogP) is 2.33. The molecule has 0 aliphatic heterocycles. The summed E-state index contributed by atoms with van der Waals surface area (Å²) in [7, 11) is 0. The first-order chi connectivity index (χ1) is 5.79. The number of nitrogens with one attached hydrogen (secondary N) is 1. The number of hydrogen-bond acceptors (Lipinski definition) is 1. The lowest BCUT2D eigenvalue weighted by molar-refractivity contribution is 0.262. The summed E-state index contributed by atoms with van der Waals surface area (Å²) in [6.07, 6.45) is 0.873. The van der Waals surface area contributed by atoms with Gasteiger partial charge in [-0.15, -0.1) is 0 Å². The van der Waals surface area contributed by atoms with E-state index in [1.54, 1.807) is 0 Å². The quantitative estimate of drug-likeness (QED) is 0.624. The second-order valence-electron chi connectivity index (χ2n) is 2.44. The molecule has 1 aromatic rings. The number of carbonyl (C=O) groups excluding carboxylic acids is 1. The molecule has 0 aromatic heterocycles. The Labute approximate surface area is 80.1 Å². The van der Waals surface area contributed by atoms with Crippen LogP contribution < -0.4 is 5.32 Å². The van der Waals surface area contributed by atoms with Crippen LogP contribution in [0.4, 0.5) is 4.79 Å². The third-order valence-corrected chi connectivity index (χ3v) is 1.80. The Bertz CT molecular complexity index is 248. The Morgan fingerprint density at radius 3 is 2.58 bits per heavy atom. The number of carbonyl (C=O) groups is 1. The van der Waals surface area contributed by atoms with Crippen molar-refractivity contribution in [1.29, 1.82) is 0 Å². The van der Waals surface area contributed by atoms with Crippen LogP contribution in [0.5, 0.6) is 0 Å². The zero-order valence-corrected chi connectivity index (χ0v) is 8.17. The van der Waals surface area contributed by atoms with Crippen LogP contribution in [-0.4, -0.2) is 11.4 Å². The van der Waals surface area contributed by atoms with E-state index in [0.717, 1.165) is 6.42 Å². The molecule has 0 unspecified atom stereocenters. The average molecular weight is 228 g/mol. The van der Waals surface area contributed by atoms with Gasteiger partial charge < -0.3 is 5.32 Å². The molecule has 0 aliphatic carbocycles. The third-order valence-electron chi connectivity index (χ3n) is 1.52. The van der Waals surface area contributed by atoms with E-state index in [1.807, 2.05) is 30.3 Å². The van der Waals surface area contributed by atoms with Crippen LogP contribution >= 0.6 is 15.9 Å². The molecule has 0 fully saturated rings. The fourth-order valence-electron chi connectivity index (χ4n) is 0.950. The largest absolute Gasteiger partial charge is 0.346 e. The second-order valence-corrected chi connectivity index (χ2v) is 3.16. The summed E-state index contributed by atoms with van der Waals surface area (Å²) in [4.78, 5) is 10.3. The smallest absolute Gasteiger partial charge is 0.287 e. The highest BCUT2D eigenvalue weighted by molar-refractivity contribution is 9.18. The van der Waals surface area contributed by atoms with Crippen LogP contribution in [0, 0.1) is 0 Å². The zero-order valence-electron chi connectivity index (χ0n) is 6.59. The van der Waals surface area contributed by atoms with Gasteiger partial charge in [-0.05, 0) is 12.0 Å². The van der Waals surface area contributed by atoms with Gasteiger partial charge in [0.05, 0.1) is 0 Å². The maximum absolute atomic E-state index is 10.4. The molecule has 3 heteroatoms. The van der Waals surface area contributed by atoms with Crippen LogP contribution in [0.3, 0.4) is 0 Å². The number of amides is 1. The molecule has 0 bridgehead atoms. The number of halogens is 1. The van der Waals surface area contributed by atoms with E-state index in [1.165, 1.54) is 5.56 Å². The molecule has 2 nitrogen and oxygen atoms in total. The zero-order chi connectivity index (χ0) is 8.81. The molecule has 0 heterocycles. The van der Waals surface area contributed by atoms with Crippen molar-refractivity contribution in [3.8, 4) is 0 Å². The van der Waals surface area contributed by atoms with E-state index in [9.17, 15) is 4.79 Å². The van der Waals surface area contributed by atoms with Crippen LogP contribution in [0.1, 0.15) is 5.56 Å². The van der Waals surface area contributed by atoms with Gasteiger partial charge in [-0.25, -0.2) is 0 Å². The Kier molecular flexibility index (Phi) is 3.80. The van der Waals surface area contributed by atoms with Gasteiger partial charge >= 0.3 is 0 Å². The minimum atomic E-state index is -0.154. The molecule has 64 valence electrons. The molecule has 1 amide bonds. The molecular weight excluding hydrogens is 218 g/mol. The summed E-state index contributed by atoms with van der Waals surface area (Å²) < 4.78 is 0. The molecule has 12 heavy (non-hydrogen) atoms. The lowest BCUT2D eigenvalue weighted by Gasteiger charge is -2.00. The number of rotatable bonds is 3. The van der Waals surface area contributed by atoms with Gasteiger partial charge in [-0.3, -0.25) is 4.79 Å². The first-order valence-corrected chi connectivity index (χ1v) is 4.55. The van der Waals surface area contributed by atoms with E-state index in [-0.39, 0.29) is 4.82 Å². The molecule has 0 radical (unpaired) electrons. The Hall–Kier alpha value is -0.830. The average Bonchev–Trinajstić information content (AvgIpc) is 2.05. The summed E-state index contributed by atoms with van der Waals surface area (Å²) in [6.45, 7) is 0.675. The van der Waals surface area contributed by atoms with Gasteiger partial charge in [0.15, 0.2) is 0 Å². The molecule has 0 spiro atoms. The molecular formula is C9H10BrNO. The SMILES string of the molecule is O=C(Br)NCCc1ccccc1. The number of hydrogen-bond donors (Lipinski definition) is 1. The van der Waals surface area contributed by atoms with Crippen molar-refractivity contribution in [2.75, 3.05) is 6.54 Å². The first kappa shape index (κ1) is 9.26. The van der Waals surface area contributed by atoms with E-state index in [4.69, 9.17) is 0 Å². The van der Waals surface area contributed by atoms with Gasteiger partial charge in [0.2, 0.25) is 0 Å². The van der Waals surface area contributed by atoms with Gasteiger partial charge in [0.25, 0.3) is 4.82 Å². The van der Waals surface area contributed by atoms with Crippen LogP contribution in [-0.2, 0) is 6.42 Å². The van der Waals surface area contributed by atoms with Gasteiger partial charge in [0, 0.05) is 22.5 Å². The Morgan fingerprint density at radius 2 is 2.00 bits per heavy atom. The van der Waals surface area contributed by atoms with Crippen molar-refractivity contribution >= 4 is 20.7 Å². The second kappa shape index (κ2) is 4.93. The molecule has 1 N–H and O–H groups in total. The van der Waals surface area contributed by atoms with Crippen LogP contribution in [0.2, 0.25) is 0 Å². The van der Waals surface area contributed by atoms with Gasteiger partial charge in [-0.1, -0.05) is 30.3 Å². The standard InChI is InChI=1S/C9H10BrNO/c10-9(12)11-7-6-8-4-2-1-3-5-8/h1-5H,6-7H2,(H,11,12). The Morgan fingerprint density at radius 1 is 1.33 bits per heavy atom. The fraction of sp³-hybridized carbons (Fsp3) is 0.222. The molecule has 1 rings (SSSR count). The molecule has 0 atom stereocenters. The highest BCUT2D eigenvalue weighted by Crippen LogP contribution is 1.98. The van der Waals surface area contributed by atoms with Crippen molar-refractivity contribution in [1.82, 2.24) is 5.32 Å². The van der Waals surface area contributed by atoms with Crippen molar-refractivity contribution in [2.24, 2.45) is 0 Å². The van der Waals surface area contributed by atoms with Crippen LogP contribution in [0.25, 0.3) is 0 Å². The van der Waals surface area contributed by atoms with E-state index in [0.29, 0.717) is 6.54 Å². The van der Waals surface area contributed by atoms with Crippen molar-refractivity contribution in [2.45, 2.75) is 6.42 Å². The van der Waals surface area contributed by atoms with E-state index in [2.05, 4.69) is 21.2 Å². The summed E-state index contributed by atoms with van der Waals surface area (Å²) >= 11 is 2.80. The summed E-state index contributed by atoms with van der Waals surface area (Å²) in [5, 5.41) is 2.67. The highest BCUT2D eigenvalue weighted by Gasteiger charge is 1.93. The summed E-state index contributed by atoms with van der Waals surface area (Å²) in [5.74, 6) is 0. The van der Waals surface area contributed by atoms with Crippen molar-refractivity contribution < 1.29 is 4.79 Å². The minimum Gasteiger partial charge on any atom is -0.346 e. The normalized spacial score (nSPS) is 9.42. The monoisotopic (exact) mass is 227 g/mol. The third kappa shape index (κ3) is 3.53. The maximum Gasteiger partial charge on any atom is 0.287 e. The lowest BCUT2D eigenvalue weighted by atomic mass is 10.2. The van der Waals surface area contributed by atoms with Crippen molar-refractivity contribution in [3.63, 3.8) is 0 Å². The maximum atomic E-state index is 10.4. The molecule has 0 saturated heterocycles. The van der Waals surface area contributed by atoms with Gasteiger partial charge in [-0.2, -0.15) is 0 Å². The van der Waals surface area contributed by atoms with Crippen molar-refractivity contribution in [3.05, 3.63) is 35.9 Å². The van der Waals surface area contributed by atoms with E-state index < -0.39 is 0 Å². The molecule has 1 aromatic carbocycles. The van der Waals surface area contributed by atoms with E-state index >= 15 is 0 Å². The molecule has 0 aliphatic rings.